The smallest absolute Gasteiger partial charge is 0.143 e. The molecule has 0 saturated carbocycles. The van der Waals surface area contributed by atoms with Crippen LogP contribution in [0.15, 0.2) is 43.0 Å². The fraction of sp³-hybridized carbons (Fsp3) is 0.143. The van der Waals surface area contributed by atoms with Crippen molar-refractivity contribution in [3.63, 3.8) is 0 Å². The third-order valence-electron chi connectivity index (χ3n) is 2.76. The van der Waals surface area contributed by atoms with E-state index in [0.29, 0.717) is 23.6 Å². The fourth-order valence-electron chi connectivity index (χ4n) is 1.78. The Labute approximate surface area is 116 Å². The average Bonchev–Trinajstić information content (AvgIpc) is 2.82. The number of amidine groups is 1. The lowest BCUT2D eigenvalue weighted by atomic mass is 10.2. The van der Waals surface area contributed by atoms with E-state index in [4.69, 9.17) is 11.1 Å². The number of hydrogen-bond donors (Lipinski definition) is 3. The van der Waals surface area contributed by atoms with E-state index in [1.165, 1.54) is 6.07 Å². The maximum atomic E-state index is 13.7. The number of nitrogens with one attached hydrogen (secondary N) is 2. The third kappa shape index (κ3) is 3.03. The zero-order valence-corrected chi connectivity index (χ0v) is 10.9. The Balaban J connectivity index is 2.31. The van der Waals surface area contributed by atoms with Gasteiger partial charge in [-0.05, 0) is 6.07 Å². The van der Waals surface area contributed by atoms with Crippen LogP contribution in [0.4, 0.5) is 10.2 Å². The number of hydrogen-bond acceptors (Lipinski definition) is 3. The van der Waals surface area contributed by atoms with Crippen molar-refractivity contribution in [2.75, 3.05) is 11.9 Å². The molecule has 0 spiro atoms. The van der Waals surface area contributed by atoms with Crippen LogP contribution in [0.2, 0.25) is 0 Å². The molecule has 104 valence electrons. The first-order chi connectivity index (χ1) is 9.61. The number of halogens is 1. The monoisotopic (exact) mass is 273 g/mol. The van der Waals surface area contributed by atoms with E-state index >= 15 is 0 Å². The van der Waals surface area contributed by atoms with E-state index in [2.05, 4.69) is 17.0 Å². The molecule has 4 N–H and O–H groups in total. The molecule has 1 heterocycles. The van der Waals surface area contributed by atoms with Crippen molar-refractivity contribution < 1.29 is 4.39 Å². The molecule has 0 atom stereocenters. The van der Waals surface area contributed by atoms with Gasteiger partial charge in [-0.2, -0.15) is 5.10 Å². The molecule has 0 bridgehead atoms. The minimum Gasteiger partial charge on any atom is -0.382 e. The van der Waals surface area contributed by atoms with Crippen LogP contribution in [0, 0.1) is 11.2 Å². The van der Waals surface area contributed by atoms with E-state index < -0.39 is 0 Å². The molecule has 0 aliphatic carbocycles. The second-order valence-corrected chi connectivity index (χ2v) is 4.25. The summed E-state index contributed by atoms with van der Waals surface area (Å²) in [5.74, 6) is 0.249. The molecule has 0 saturated heterocycles. The van der Waals surface area contributed by atoms with Gasteiger partial charge < -0.3 is 11.1 Å². The Morgan fingerprint density at radius 3 is 2.90 bits per heavy atom. The number of nitrogens with two attached hydrogens (primary N) is 1. The summed E-state index contributed by atoms with van der Waals surface area (Å²) in [6.45, 7) is 4.43. The highest BCUT2D eigenvalue weighted by Crippen LogP contribution is 2.15. The van der Waals surface area contributed by atoms with Crippen LogP contribution in [0.1, 0.15) is 11.3 Å². The first-order valence-electron chi connectivity index (χ1n) is 6.12. The Hall–Kier alpha value is -2.63. The molecule has 0 fully saturated rings. The van der Waals surface area contributed by atoms with Gasteiger partial charge in [0.25, 0.3) is 0 Å². The quantitative estimate of drug-likeness (QED) is 0.427. The van der Waals surface area contributed by atoms with E-state index in [1.54, 1.807) is 35.0 Å². The van der Waals surface area contributed by atoms with Crippen LogP contribution in [-0.4, -0.2) is 22.2 Å². The Kier molecular flexibility index (Phi) is 4.14. The van der Waals surface area contributed by atoms with Gasteiger partial charge in [0.1, 0.15) is 23.2 Å². The molecule has 6 heteroatoms. The second-order valence-electron chi connectivity index (χ2n) is 4.25. The van der Waals surface area contributed by atoms with Gasteiger partial charge in [0.2, 0.25) is 0 Å². The van der Waals surface area contributed by atoms with Gasteiger partial charge >= 0.3 is 0 Å². The standard InChI is InChI=1S/C14H16FN5/c1-2-7-18-13-8-12(14(16)17)19-20(13)9-10-5-3-4-6-11(10)15/h2-6,8,18H,1,7,9H2,(H3,16,17). The molecule has 0 aliphatic heterocycles. The summed E-state index contributed by atoms with van der Waals surface area (Å²) in [4.78, 5) is 0. The summed E-state index contributed by atoms with van der Waals surface area (Å²) in [6.07, 6.45) is 1.70. The van der Waals surface area contributed by atoms with Crippen LogP contribution in [0.5, 0.6) is 0 Å². The normalized spacial score (nSPS) is 10.2. The highest BCUT2D eigenvalue weighted by Gasteiger charge is 2.11. The lowest BCUT2D eigenvalue weighted by Crippen LogP contribution is -2.13. The zero-order valence-electron chi connectivity index (χ0n) is 10.9. The molecular formula is C14H16FN5. The predicted molar refractivity (Wildman–Crippen MR) is 77.4 cm³/mol. The lowest BCUT2D eigenvalue weighted by molar-refractivity contribution is 0.586. The third-order valence-corrected chi connectivity index (χ3v) is 2.76. The number of nitrogen functional groups attached to an aromatic ring is 1. The molecular weight excluding hydrogens is 257 g/mol. The van der Waals surface area contributed by atoms with Gasteiger partial charge in [0, 0.05) is 18.2 Å². The predicted octanol–water partition coefficient (Wildman–Crippen LogP) is 1.95. The number of benzene rings is 1. The van der Waals surface area contributed by atoms with Crippen molar-refractivity contribution in [2.45, 2.75) is 6.54 Å². The topological polar surface area (TPSA) is 79.7 Å². The average molecular weight is 273 g/mol. The van der Waals surface area contributed by atoms with Crippen molar-refractivity contribution in [3.8, 4) is 0 Å². The van der Waals surface area contributed by atoms with Gasteiger partial charge in [-0.1, -0.05) is 24.3 Å². The lowest BCUT2D eigenvalue weighted by Gasteiger charge is -2.09. The molecule has 2 aromatic rings. The maximum absolute atomic E-state index is 13.7. The number of nitrogens with zero attached hydrogens (tertiary/aromatic N) is 2. The van der Waals surface area contributed by atoms with Crippen LogP contribution >= 0.6 is 0 Å². The van der Waals surface area contributed by atoms with E-state index in [1.807, 2.05) is 0 Å². The number of anilines is 1. The number of aromatic nitrogens is 2. The highest BCUT2D eigenvalue weighted by molar-refractivity contribution is 5.93. The summed E-state index contributed by atoms with van der Waals surface area (Å²) in [7, 11) is 0. The maximum Gasteiger partial charge on any atom is 0.143 e. The molecule has 0 radical (unpaired) electrons. The van der Waals surface area contributed by atoms with Crippen molar-refractivity contribution in [1.29, 1.82) is 5.41 Å². The van der Waals surface area contributed by atoms with Crippen LogP contribution < -0.4 is 11.1 Å². The minimum atomic E-state index is -0.290. The zero-order chi connectivity index (χ0) is 14.5. The van der Waals surface area contributed by atoms with E-state index in [9.17, 15) is 4.39 Å². The van der Waals surface area contributed by atoms with Crippen molar-refractivity contribution in [1.82, 2.24) is 9.78 Å². The Bertz CT molecular complexity index is 632. The molecule has 1 aromatic heterocycles. The first kappa shape index (κ1) is 13.8. The van der Waals surface area contributed by atoms with E-state index in [0.717, 1.165) is 0 Å². The van der Waals surface area contributed by atoms with Gasteiger partial charge in [-0.25, -0.2) is 9.07 Å². The van der Waals surface area contributed by atoms with Crippen molar-refractivity contribution >= 4 is 11.7 Å². The summed E-state index contributed by atoms with van der Waals surface area (Å²) in [5.41, 5.74) is 6.31. The van der Waals surface area contributed by atoms with Gasteiger partial charge in [0.15, 0.2) is 0 Å². The summed E-state index contributed by atoms with van der Waals surface area (Å²) >= 11 is 0. The summed E-state index contributed by atoms with van der Waals surface area (Å²) in [5, 5.41) is 14.7. The van der Waals surface area contributed by atoms with Gasteiger partial charge in [0.05, 0.1) is 6.54 Å². The summed E-state index contributed by atoms with van der Waals surface area (Å²) in [6, 6.07) is 8.17. The molecule has 20 heavy (non-hydrogen) atoms. The summed E-state index contributed by atoms with van der Waals surface area (Å²) < 4.78 is 15.3. The van der Waals surface area contributed by atoms with Crippen molar-refractivity contribution in [3.05, 3.63) is 60.1 Å². The fourth-order valence-corrected chi connectivity index (χ4v) is 1.78. The first-order valence-corrected chi connectivity index (χ1v) is 6.12. The van der Waals surface area contributed by atoms with Gasteiger partial charge in [-0.3, -0.25) is 5.41 Å². The van der Waals surface area contributed by atoms with Crippen LogP contribution in [-0.2, 0) is 6.54 Å². The number of rotatable bonds is 6. The van der Waals surface area contributed by atoms with E-state index in [-0.39, 0.29) is 18.2 Å². The molecule has 2 rings (SSSR count). The minimum absolute atomic E-state index is 0.126. The molecule has 5 nitrogen and oxygen atoms in total. The Morgan fingerprint density at radius 1 is 1.50 bits per heavy atom. The largest absolute Gasteiger partial charge is 0.382 e. The molecule has 0 aliphatic rings. The van der Waals surface area contributed by atoms with Crippen molar-refractivity contribution in [2.24, 2.45) is 5.73 Å². The van der Waals surface area contributed by atoms with Crippen LogP contribution in [0.3, 0.4) is 0 Å². The Morgan fingerprint density at radius 2 is 2.25 bits per heavy atom. The highest BCUT2D eigenvalue weighted by atomic mass is 19.1. The van der Waals surface area contributed by atoms with Crippen LogP contribution in [0.25, 0.3) is 0 Å². The van der Waals surface area contributed by atoms with Gasteiger partial charge in [-0.15, -0.1) is 6.58 Å². The second kappa shape index (κ2) is 6.01. The SMILES string of the molecule is C=CCNc1cc(C(=N)N)nn1Cc1ccccc1F. The molecule has 1 aromatic carbocycles. The molecule has 0 unspecified atom stereocenters. The molecule has 0 amide bonds.